The van der Waals surface area contributed by atoms with Crippen molar-refractivity contribution in [3.63, 3.8) is 0 Å². The monoisotopic (exact) mass is 361 g/mol. The van der Waals surface area contributed by atoms with Crippen molar-refractivity contribution >= 4 is 24.0 Å². The van der Waals surface area contributed by atoms with E-state index in [0.29, 0.717) is 0 Å². The SMILES string of the molecule is Cc1[cH-]c2ccccc2c1[Si](C)(C)C.[Cl-].[Cl-].[Zr+3]. The molecule has 0 amide bonds. The zero-order valence-electron chi connectivity index (χ0n) is 10.6. The van der Waals surface area contributed by atoms with E-state index in [1.54, 1.807) is 5.19 Å². The molecule has 0 nitrogen and oxygen atoms in total. The molecule has 0 aliphatic carbocycles. The van der Waals surface area contributed by atoms with Crippen molar-refractivity contribution in [1.29, 1.82) is 0 Å². The summed E-state index contributed by atoms with van der Waals surface area (Å²) >= 11 is 0. The van der Waals surface area contributed by atoms with Crippen molar-refractivity contribution in [3.05, 3.63) is 35.9 Å². The number of fused-ring (bicyclic) bond motifs is 1. The third-order valence-electron chi connectivity index (χ3n) is 2.75. The number of halogens is 2. The molecule has 2 aromatic rings. The van der Waals surface area contributed by atoms with Crippen LogP contribution in [0.2, 0.25) is 19.6 Å². The third-order valence-corrected chi connectivity index (χ3v) is 4.91. The fourth-order valence-corrected chi connectivity index (χ4v) is 4.65. The van der Waals surface area contributed by atoms with E-state index in [0.717, 1.165) is 0 Å². The Kier molecular flexibility index (Phi) is 8.39. The summed E-state index contributed by atoms with van der Waals surface area (Å²) in [6.07, 6.45) is 0. The molecule has 2 aromatic carbocycles. The van der Waals surface area contributed by atoms with Crippen molar-refractivity contribution < 1.29 is 51.0 Å². The van der Waals surface area contributed by atoms with E-state index in [1.807, 2.05) is 0 Å². The summed E-state index contributed by atoms with van der Waals surface area (Å²) in [7, 11) is -1.19. The summed E-state index contributed by atoms with van der Waals surface area (Å²) < 4.78 is 0. The first-order chi connectivity index (χ1) is 6.50. The summed E-state index contributed by atoms with van der Waals surface area (Å²) in [6.45, 7) is 9.50. The molecule has 0 aromatic heterocycles. The molecule has 0 saturated heterocycles. The number of aryl methyl sites for hydroxylation is 1. The van der Waals surface area contributed by atoms with Gasteiger partial charge < -0.3 is 24.8 Å². The second kappa shape index (κ2) is 7.19. The molecule has 0 unspecified atom stereocenters. The molecule has 0 N–H and O–H groups in total. The average Bonchev–Trinajstić information content (AvgIpc) is 2.38. The van der Waals surface area contributed by atoms with Crippen LogP contribution in [0.5, 0.6) is 0 Å². The maximum atomic E-state index is 2.42. The van der Waals surface area contributed by atoms with E-state index in [4.69, 9.17) is 0 Å². The van der Waals surface area contributed by atoms with Crippen LogP contribution in [0, 0.1) is 6.92 Å². The smallest absolute Gasteiger partial charge is 1.00 e. The van der Waals surface area contributed by atoms with Gasteiger partial charge in [-0.2, -0.15) is 5.19 Å². The van der Waals surface area contributed by atoms with Crippen molar-refractivity contribution in [3.8, 4) is 0 Å². The van der Waals surface area contributed by atoms with Crippen molar-refractivity contribution in [2.24, 2.45) is 0 Å². The predicted octanol–water partition coefficient (Wildman–Crippen LogP) is -2.58. The first kappa shape index (κ1) is 19.8. The fourth-order valence-electron chi connectivity index (χ4n) is 2.36. The van der Waals surface area contributed by atoms with Crippen LogP contribution in [0.25, 0.3) is 10.8 Å². The van der Waals surface area contributed by atoms with Crippen LogP contribution in [-0.2, 0) is 26.2 Å². The fraction of sp³-hybridized carbons (Fsp3) is 0.308. The van der Waals surface area contributed by atoms with E-state index < -0.39 is 8.07 Å². The summed E-state index contributed by atoms with van der Waals surface area (Å²) in [5.74, 6) is 0. The van der Waals surface area contributed by atoms with Gasteiger partial charge in [0.25, 0.3) is 0 Å². The minimum atomic E-state index is -1.19. The molecule has 2 rings (SSSR count). The van der Waals surface area contributed by atoms with Crippen molar-refractivity contribution in [2.45, 2.75) is 26.6 Å². The second-order valence-electron chi connectivity index (χ2n) is 5.04. The minimum absolute atomic E-state index is 0. The van der Waals surface area contributed by atoms with Gasteiger partial charge >= 0.3 is 26.2 Å². The molecule has 4 heteroatoms. The van der Waals surface area contributed by atoms with E-state index in [9.17, 15) is 0 Å². The quantitative estimate of drug-likeness (QED) is 0.386. The Morgan fingerprint density at radius 1 is 1.00 bits per heavy atom. The average molecular weight is 363 g/mol. The van der Waals surface area contributed by atoms with E-state index in [2.05, 4.69) is 56.9 Å². The first-order valence-corrected chi connectivity index (χ1v) is 8.65. The molecule has 0 bridgehead atoms. The molecule has 0 spiro atoms. The molecule has 0 heterocycles. The molecule has 0 aliphatic rings. The Balaban J connectivity index is 0. The zero-order valence-corrected chi connectivity index (χ0v) is 15.6. The predicted molar refractivity (Wildman–Crippen MR) is 67.3 cm³/mol. The van der Waals surface area contributed by atoms with Gasteiger partial charge in [0.2, 0.25) is 0 Å². The van der Waals surface area contributed by atoms with Crippen molar-refractivity contribution in [2.75, 3.05) is 0 Å². The van der Waals surface area contributed by atoms with Crippen LogP contribution in [0.1, 0.15) is 5.56 Å². The van der Waals surface area contributed by atoms with Gasteiger partial charge in [0, 0.05) is 8.07 Å². The normalized spacial score (nSPS) is 10.1. The molecule has 0 fully saturated rings. The van der Waals surface area contributed by atoms with Crippen LogP contribution in [0.4, 0.5) is 0 Å². The zero-order chi connectivity index (χ0) is 10.3. The van der Waals surface area contributed by atoms with Gasteiger partial charge in [-0.1, -0.05) is 32.6 Å². The molecule has 0 saturated carbocycles. The number of hydrogen-bond acceptors (Lipinski definition) is 0. The summed E-state index contributed by atoms with van der Waals surface area (Å²) in [4.78, 5) is 0. The largest absolute Gasteiger partial charge is 3.00 e. The van der Waals surface area contributed by atoms with Gasteiger partial charge in [0.15, 0.2) is 0 Å². The number of benzene rings is 1. The standard InChI is InChI=1S/C13H17Si.2ClH.Zr/c1-10-9-11-7-5-6-8-12(11)13(10)14(2,3)4;;;/h5-9H,1-4H3;2*1H;/q-1;;;+3/p-2. The van der Waals surface area contributed by atoms with E-state index >= 15 is 0 Å². The summed E-state index contributed by atoms with van der Waals surface area (Å²) in [6, 6.07) is 11.1. The van der Waals surface area contributed by atoms with Crippen LogP contribution < -0.4 is 30.0 Å². The molecular weight excluding hydrogens is 346 g/mol. The van der Waals surface area contributed by atoms with Gasteiger partial charge in [0.05, 0.1) is 0 Å². The summed E-state index contributed by atoms with van der Waals surface area (Å²) in [5.41, 5.74) is 1.48. The molecule has 17 heavy (non-hydrogen) atoms. The molecule has 1 radical (unpaired) electrons. The Bertz CT molecular complexity index is 472. The summed E-state index contributed by atoms with van der Waals surface area (Å²) in [5, 5.41) is 4.51. The Labute approximate surface area is 136 Å². The van der Waals surface area contributed by atoms with E-state index in [1.165, 1.54) is 16.3 Å². The van der Waals surface area contributed by atoms with Gasteiger partial charge in [-0.05, 0) is 0 Å². The first-order valence-electron chi connectivity index (χ1n) is 5.15. The second-order valence-corrected chi connectivity index (χ2v) is 10.0. The number of hydrogen-bond donors (Lipinski definition) is 0. The van der Waals surface area contributed by atoms with Crippen LogP contribution >= 0.6 is 0 Å². The molecule has 0 aliphatic heterocycles. The van der Waals surface area contributed by atoms with Gasteiger partial charge in [-0.25, -0.2) is 0 Å². The Morgan fingerprint density at radius 3 is 2.06 bits per heavy atom. The maximum absolute atomic E-state index is 2.42. The molecular formula is C13H17Cl2SiZr. The van der Waals surface area contributed by atoms with Crippen LogP contribution in [0.3, 0.4) is 0 Å². The maximum Gasteiger partial charge on any atom is 3.00 e. The van der Waals surface area contributed by atoms with Gasteiger partial charge in [-0.15, -0.1) is 40.6 Å². The Morgan fingerprint density at radius 2 is 1.53 bits per heavy atom. The molecule has 91 valence electrons. The third kappa shape index (κ3) is 3.99. The van der Waals surface area contributed by atoms with Crippen LogP contribution in [0.15, 0.2) is 30.3 Å². The van der Waals surface area contributed by atoms with Crippen LogP contribution in [-0.4, -0.2) is 8.07 Å². The Hall–Kier alpha value is 0.510. The van der Waals surface area contributed by atoms with Gasteiger partial charge in [0.1, 0.15) is 0 Å². The van der Waals surface area contributed by atoms with Gasteiger partial charge in [-0.3, -0.25) is 0 Å². The number of rotatable bonds is 1. The molecule has 0 atom stereocenters. The van der Waals surface area contributed by atoms with E-state index in [-0.39, 0.29) is 51.0 Å². The van der Waals surface area contributed by atoms with Crippen molar-refractivity contribution in [1.82, 2.24) is 0 Å². The minimum Gasteiger partial charge on any atom is -1.00 e. The topological polar surface area (TPSA) is 0 Å².